The number of benzene rings is 1. The van der Waals surface area contributed by atoms with Crippen molar-refractivity contribution in [3.63, 3.8) is 0 Å². The second-order valence-corrected chi connectivity index (χ2v) is 5.42. The molecule has 0 spiro atoms. The van der Waals surface area contributed by atoms with Gasteiger partial charge in [0.05, 0.1) is 23.7 Å². The van der Waals surface area contributed by atoms with Crippen LogP contribution in [0.5, 0.6) is 5.75 Å². The molecule has 1 N–H and O–H groups in total. The van der Waals surface area contributed by atoms with Crippen LogP contribution < -0.4 is 4.74 Å². The van der Waals surface area contributed by atoms with Crippen LogP contribution in [0.15, 0.2) is 18.2 Å². The van der Waals surface area contributed by atoms with Crippen molar-refractivity contribution < 1.29 is 14.8 Å². The number of β-amino-alcohol motifs (C(OH)–C–C–N with tert-alkyl or cyclic N) is 1. The molecule has 0 bridgehead atoms. The molecule has 1 aliphatic rings. The van der Waals surface area contributed by atoms with Gasteiger partial charge in [0.2, 0.25) is 0 Å². The molecule has 110 valence electrons. The minimum absolute atomic E-state index is 0.0312. The number of nitro groups is 1. The van der Waals surface area contributed by atoms with Gasteiger partial charge >= 0.3 is 0 Å². The summed E-state index contributed by atoms with van der Waals surface area (Å²) in [4.78, 5) is 12.5. The quantitative estimate of drug-likeness (QED) is 0.636. The monoisotopic (exact) mass is 280 g/mol. The van der Waals surface area contributed by atoms with Crippen molar-refractivity contribution in [3.8, 4) is 5.75 Å². The van der Waals surface area contributed by atoms with Crippen LogP contribution >= 0.6 is 0 Å². The first-order chi connectivity index (χ1) is 9.45. The van der Waals surface area contributed by atoms with Crippen LogP contribution in [0.3, 0.4) is 0 Å². The molecule has 1 heterocycles. The molecule has 6 heteroatoms. The van der Waals surface area contributed by atoms with Crippen LogP contribution in [-0.2, 0) is 6.54 Å². The largest absolute Gasteiger partial charge is 0.496 e. The summed E-state index contributed by atoms with van der Waals surface area (Å²) in [6.07, 6.45) is 1.75. The Bertz CT molecular complexity index is 498. The molecule has 0 atom stereocenters. The molecular formula is C14H20N2O4. The second kappa shape index (κ2) is 5.76. The Balaban J connectivity index is 2.04. The standard InChI is InChI=1S/C14H20N2O4/c1-3-4-14(17)9-15(10-14)8-11-5-12(16(18)19)7-13(6-11)20-2/h5-7,17H,3-4,8-10H2,1-2H3. The molecular weight excluding hydrogens is 260 g/mol. The summed E-state index contributed by atoms with van der Waals surface area (Å²) < 4.78 is 5.09. The van der Waals surface area contributed by atoms with Gasteiger partial charge in [-0.05, 0) is 18.1 Å². The first kappa shape index (κ1) is 14.7. The smallest absolute Gasteiger partial charge is 0.273 e. The maximum atomic E-state index is 10.9. The van der Waals surface area contributed by atoms with E-state index >= 15 is 0 Å². The molecule has 20 heavy (non-hydrogen) atoms. The number of nitro benzene ring substituents is 1. The maximum Gasteiger partial charge on any atom is 0.273 e. The Kier molecular flexibility index (Phi) is 4.25. The van der Waals surface area contributed by atoms with E-state index in [9.17, 15) is 15.2 Å². The molecule has 0 aliphatic carbocycles. The van der Waals surface area contributed by atoms with E-state index in [4.69, 9.17) is 4.74 Å². The third kappa shape index (κ3) is 3.26. The van der Waals surface area contributed by atoms with Crippen LogP contribution in [0.1, 0.15) is 25.3 Å². The highest BCUT2D eigenvalue weighted by Crippen LogP contribution is 2.29. The average Bonchev–Trinajstić information content (AvgIpc) is 2.36. The van der Waals surface area contributed by atoms with Gasteiger partial charge in [-0.3, -0.25) is 15.0 Å². The molecule has 2 rings (SSSR count). The van der Waals surface area contributed by atoms with Crippen LogP contribution in [0, 0.1) is 10.1 Å². The van der Waals surface area contributed by atoms with Crippen molar-refractivity contribution in [2.75, 3.05) is 20.2 Å². The van der Waals surface area contributed by atoms with Crippen molar-refractivity contribution in [2.24, 2.45) is 0 Å². The lowest BCUT2D eigenvalue weighted by Gasteiger charge is -2.46. The van der Waals surface area contributed by atoms with E-state index in [2.05, 4.69) is 4.90 Å². The average molecular weight is 280 g/mol. The fourth-order valence-electron chi connectivity index (χ4n) is 2.74. The zero-order valence-corrected chi connectivity index (χ0v) is 11.8. The minimum Gasteiger partial charge on any atom is -0.496 e. The number of aliphatic hydroxyl groups is 1. The van der Waals surface area contributed by atoms with Crippen molar-refractivity contribution in [2.45, 2.75) is 31.9 Å². The SMILES string of the molecule is CCCC1(O)CN(Cc2cc(OC)cc([N+](=O)[O-])c2)C1. The number of ether oxygens (including phenoxy) is 1. The zero-order chi connectivity index (χ0) is 14.8. The molecule has 0 saturated carbocycles. The van der Waals surface area contributed by atoms with Crippen LogP contribution in [-0.4, -0.2) is 40.7 Å². The summed E-state index contributed by atoms with van der Waals surface area (Å²) in [5.74, 6) is 0.485. The van der Waals surface area contributed by atoms with Gasteiger partial charge in [-0.15, -0.1) is 0 Å². The van der Waals surface area contributed by atoms with Gasteiger partial charge in [0, 0.05) is 25.7 Å². The normalized spacial score (nSPS) is 17.6. The summed E-state index contributed by atoms with van der Waals surface area (Å²) >= 11 is 0. The van der Waals surface area contributed by atoms with Crippen molar-refractivity contribution in [3.05, 3.63) is 33.9 Å². The Morgan fingerprint density at radius 1 is 1.45 bits per heavy atom. The molecule has 0 aromatic heterocycles. The Labute approximate surface area is 118 Å². The summed E-state index contributed by atoms with van der Waals surface area (Å²) in [5, 5.41) is 21.0. The van der Waals surface area contributed by atoms with Gasteiger partial charge in [-0.25, -0.2) is 0 Å². The van der Waals surface area contributed by atoms with Gasteiger partial charge in [-0.1, -0.05) is 13.3 Å². The first-order valence-electron chi connectivity index (χ1n) is 6.73. The van der Waals surface area contributed by atoms with Gasteiger partial charge in [0.1, 0.15) is 5.75 Å². The number of rotatable bonds is 6. The Morgan fingerprint density at radius 3 is 2.70 bits per heavy atom. The highest BCUT2D eigenvalue weighted by molar-refractivity contribution is 5.42. The van der Waals surface area contributed by atoms with Gasteiger partial charge < -0.3 is 9.84 Å². The van der Waals surface area contributed by atoms with Crippen molar-refractivity contribution >= 4 is 5.69 Å². The molecule has 1 aromatic carbocycles. The van der Waals surface area contributed by atoms with Crippen LogP contribution in [0.2, 0.25) is 0 Å². The van der Waals surface area contributed by atoms with Crippen molar-refractivity contribution in [1.82, 2.24) is 4.90 Å². The number of hydrogen-bond donors (Lipinski definition) is 1. The highest BCUT2D eigenvalue weighted by Gasteiger charge is 2.39. The molecule has 0 unspecified atom stereocenters. The third-order valence-electron chi connectivity index (χ3n) is 3.55. The molecule has 1 fully saturated rings. The molecule has 0 radical (unpaired) electrons. The molecule has 1 aromatic rings. The van der Waals surface area contributed by atoms with Crippen LogP contribution in [0.25, 0.3) is 0 Å². The summed E-state index contributed by atoms with van der Waals surface area (Å²) in [7, 11) is 1.49. The van der Waals surface area contributed by atoms with Gasteiger partial charge in [-0.2, -0.15) is 0 Å². The number of non-ortho nitro benzene ring substituents is 1. The minimum atomic E-state index is -0.584. The Morgan fingerprint density at radius 2 is 2.15 bits per heavy atom. The molecule has 1 aliphatic heterocycles. The molecule has 0 amide bonds. The lowest BCUT2D eigenvalue weighted by molar-refractivity contribution is -0.385. The lowest BCUT2D eigenvalue weighted by Crippen LogP contribution is -2.60. The van der Waals surface area contributed by atoms with E-state index in [1.165, 1.54) is 13.2 Å². The number of likely N-dealkylation sites (tertiary alicyclic amines) is 1. The summed E-state index contributed by atoms with van der Waals surface area (Å²) in [5.41, 5.74) is 0.276. The predicted molar refractivity (Wildman–Crippen MR) is 74.8 cm³/mol. The van der Waals surface area contributed by atoms with Crippen LogP contribution in [0.4, 0.5) is 5.69 Å². The second-order valence-electron chi connectivity index (χ2n) is 5.42. The summed E-state index contributed by atoms with van der Waals surface area (Å²) in [6, 6.07) is 4.76. The zero-order valence-electron chi connectivity index (χ0n) is 11.8. The maximum absolute atomic E-state index is 10.9. The van der Waals surface area contributed by atoms with E-state index < -0.39 is 10.5 Å². The van der Waals surface area contributed by atoms with E-state index in [0.29, 0.717) is 25.4 Å². The first-order valence-corrected chi connectivity index (χ1v) is 6.73. The molecule has 1 saturated heterocycles. The fourth-order valence-corrected chi connectivity index (χ4v) is 2.74. The number of hydrogen-bond acceptors (Lipinski definition) is 5. The topological polar surface area (TPSA) is 75.8 Å². The van der Waals surface area contributed by atoms with E-state index in [1.807, 2.05) is 6.92 Å². The third-order valence-corrected chi connectivity index (χ3v) is 3.55. The highest BCUT2D eigenvalue weighted by atomic mass is 16.6. The Hall–Kier alpha value is -1.66. The number of nitrogens with zero attached hydrogens (tertiary/aromatic N) is 2. The van der Waals surface area contributed by atoms with Crippen molar-refractivity contribution in [1.29, 1.82) is 0 Å². The molecule has 6 nitrogen and oxygen atoms in total. The van der Waals surface area contributed by atoms with E-state index in [1.54, 1.807) is 12.1 Å². The lowest BCUT2D eigenvalue weighted by atomic mass is 9.89. The van der Waals surface area contributed by atoms with E-state index in [-0.39, 0.29) is 5.69 Å². The summed E-state index contributed by atoms with van der Waals surface area (Å²) in [6.45, 7) is 3.87. The van der Waals surface area contributed by atoms with E-state index in [0.717, 1.165) is 18.4 Å². The van der Waals surface area contributed by atoms with Gasteiger partial charge in [0.25, 0.3) is 5.69 Å². The fraction of sp³-hybridized carbons (Fsp3) is 0.571. The van der Waals surface area contributed by atoms with Gasteiger partial charge in [0.15, 0.2) is 0 Å². The number of methoxy groups -OCH3 is 1. The predicted octanol–water partition coefficient (Wildman–Crippen LogP) is 1.95.